The lowest BCUT2D eigenvalue weighted by molar-refractivity contribution is -0.153. The number of ether oxygens (including phenoxy) is 1. The second-order valence-corrected chi connectivity index (χ2v) is 7.88. The molecule has 122 valence electrons. The van der Waals surface area contributed by atoms with E-state index in [1.165, 1.54) is 70.6 Å². The van der Waals surface area contributed by atoms with Crippen LogP contribution in [0.2, 0.25) is 0 Å². The molecule has 1 N–H and O–H groups in total. The molecule has 3 fully saturated rings. The Bertz CT molecular complexity index is 318. The lowest BCUT2D eigenvalue weighted by Gasteiger charge is -2.59. The van der Waals surface area contributed by atoms with Crippen LogP contribution in [0.25, 0.3) is 0 Å². The first-order chi connectivity index (χ1) is 10.3. The van der Waals surface area contributed by atoms with Crippen molar-refractivity contribution in [3.8, 4) is 0 Å². The van der Waals surface area contributed by atoms with Crippen LogP contribution in [0, 0.1) is 11.3 Å². The van der Waals surface area contributed by atoms with E-state index in [4.69, 9.17) is 4.74 Å². The zero-order chi connectivity index (χ0) is 14.7. The third-order valence-electron chi connectivity index (χ3n) is 6.76. The van der Waals surface area contributed by atoms with Crippen LogP contribution in [0.3, 0.4) is 0 Å². The second-order valence-electron chi connectivity index (χ2n) is 7.88. The maximum atomic E-state index is 6.09. The molecule has 2 unspecified atom stereocenters. The molecule has 0 aromatic heterocycles. The van der Waals surface area contributed by atoms with Gasteiger partial charge in [-0.1, -0.05) is 38.5 Å². The molecule has 0 aliphatic heterocycles. The van der Waals surface area contributed by atoms with Crippen LogP contribution < -0.4 is 5.32 Å². The standard InChI is InChI=1S/C19H35NO/c1-3-21-18-14-17(19(18)12-8-5-9-13-19)20-15(2)16-10-6-4-7-11-16/h15-18,20H,3-14H2,1-2H3/t15-,17?,18?/m0/s1. The third-order valence-corrected chi connectivity index (χ3v) is 6.76. The number of rotatable bonds is 5. The summed E-state index contributed by atoms with van der Waals surface area (Å²) in [5, 5.41) is 4.05. The molecule has 3 aliphatic rings. The van der Waals surface area contributed by atoms with Gasteiger partial charge in [0, 0.05) is 24.1 Å². The SMILES string of the molecule is CCOC1CC(N[C@@H](C)C2CCCCC2)C12CCCCC2. The van der Waals surface area contributed by atoms with E-state index in [1.807, 2.05) is 0 Å². The molecule has 3 aliphatic carbocycles. The summed E-state index contributed by atoms with van der Waals surface area (Å²) >= 11 is 0. The van der Waals surface area contributed by atoms with Crippen molar-refractivity contribution in [1.82, 2.24) is 5.32 Å². The highest BCUT2D eigenvalue weighted by molar-refractivity contribution is 5.09. The highest BCUT2D eigenvalue weighted by Gasteiger charge is 2.55. The summed E-state index contributed by atoms with van der Waals surface area (Å²) in [5.74, 6) is 0.922. The van der Waals surface area contributed by atoms with Crippen LogP contribution in [0.4, 0.5) is 0 Å². The minimum Gasteiger partial charge on any atom is -0.378 e. The molecular formula is C19H35NO. The Labute approximate surface area is 131 Å². The largest absolute Gasteiger partial charge is 0.378 e. The van der Waals surface area contributed by atoms with Crippen molar-refractivity contribution in [3.05, 3.63) is 0 Å². The molecule has 21 heavy (non-hydrogen) atoms. The van der Waals surface area contributed by atoms with E-state index in [-0.39, 0.29) is 0 Å². The Hall–Kier alpha value is -0.0800. The molecular weight excluding hydrogens is 258 g/mol. The zero-order valence-corrected chi connectivity index (χ0v) is 14.2. The fourth-order valence-corrected chi connectivity index (χ4v) is 5.38. The van der Waals surface area contributed by atoms with Gasteiger partial charge >= 0.3 is 0 Å². The molecule has 2 nitrogen and oxygen atoms in total. The summed E-state index contributed by atoms with van der Waals surface area (Å²) in [5.41, 5.74) is 0.483. The average molecular weight is 293 g/mol. The fourth-order valence-electron chi connectivity index (χ4n) is 5.38. The van der Waals surface area contributed by atoms with Crippen molar-refractivity contribution < 1.29 is 4.74 Å². The lowest BCUT2D eigenvalue weighted by Crippen LogP contribution is -2.66. The summed E-state index contributed by atoms with van der Waals surface area (Å²) in [4.78, 5) is 0. The molecule has 0 bridgehead atoms. The Morgan fingerprint density at radius 2 is 1.71 bits per heavy atom. The molecule has 0 aromatic rings. The van der Waals surface area contributed by atoms with Crippen LogP contribution in [-0.2, 0) is 4.74 Å². The summed E-state index contributed by atoms with van der Waals surface area (Å²) in [6.07, 6.45) is 16.1. The van der Waals surface area contributed by atoms with Crippen molar-refractivity contribution in [2.45, 2.75) is 103 Å². The fraction of sp³-hybridized carbons (Fsp3) is 1.00. The average Bonchev–Trinajstić information content (AvgIpc) is 2.55. The normalized spacial score (nSPS) is 34.6. The zero-order valence-electron chi connectivity index (χ0n) is 14.2. The first-order valence-electron chi connectivity index (χ1n) is 9.64. The molecule has 0 saturated heterocycles. The van der Waals surface area contributed by atoms with Gasteiger partial charge in [-0.3, -0.25) is 0 Å². The number of hydrogen-bond acceptors (Lipinski definition) is 2. The van der Waals surface area contributed by atoms with Gasteiger partial charge < -0.3 is 10.1 Å². The minimum atomic E-state index is 0.483. The van der Waals surface area contributed by atoms with Crippen molar-refractivity contribution >= 4 is 0 Å². The van der Waals surface area contributed by atoms with Gasteiger partial charge in [0.15, 0.2) is 0 Å². The van der Waals surface area contributed by atoms with Gasteiger partial charge in [0.05, 0.1) is 6.10 Å². The molecule has 0 heterocycles. The van der Waals surface area contributed by atoms with Crippen LogP contribution in [0.1, 0.15) is 84.5 Å². The highest BCUT2D eigenvalue weighted by atomic mass is 16.5. The molecule has 2 heteroatoms. The second kappa shape index (κ2) is 7.00. The predicted octanol–water partition coefficient (Wildman–Crippen LogP) is 4.67. The predicted molar refractivity (Wildman–Crippen MR) is 88.5 cm³/mol. The van der Waals surface area contributed by atoms with Crippen molar-refractivity contribution in [2.75, 3.05) is 6.61 Å². The van der Waals surface area contributed by atoms with Gasteiger partial charge in [0.1, 0.15) is 0 Å². The van der Waals surface area contributed by atoms with E-state index in [0.717, 1.165) is 18.6 Å². The molecule has 1 spiro atoms. The van der Waals surface area contributed by atoms with Gasteiger partial charge in [0.25, 0.3) is 0 Å². The van der Waals surface area contributed by atoms with Gasteiger partial charge in [0.2, 0.25) is 0 Å². The van der Waals surface area contributed by atoms with E-state index in [9.17, 15) is 0 Å². The van der Waals surface area contributed by atoms with Crippen molar-refractivity contribution in [1.29, 1.82) is 0 Å². The Morgan fingerprint density at radius 1 is 1.05 bits per heavy atom. The van der Waals surface area contributed by atoms with E-state index in [0.29, 0.717) is 17.6 Å². The van der Waals surface area contributed by atoms with Crippen LogP contribution in [0.15, 0.2) is 0 Å². The quantitative estimate of drug-likeness (QED) is 0.795. The first-order valence-corrected chi connectivity index (χ1v) is 9.64. The smallest absolute Gasteiger partial charge is 0.0661 e. The van der Waals surface area contributed by atoms with E-state index >= 15 is 0 Å². The van der Waals surface area contributed by atoms with Gasteiger partial charge in [-0.15, -0.1) is 0 Å². The van der Waals surface area contributed by atoms with Gasteiger partial charge in [-0.25, -0.2) is 0 Å². The van der Waals surface area contributed by atoms with Crippen molar-refractivity contribution in [2.24, 2.45) is 11.3 Å². The first kappa shape index (κ1) is 15.8. The number of nitrogens with one attached hydrogen (secondary N) is 1. The van der Waals surface area contributed by atoms with Crippen LogP contribution in [-0.4, -0.2) is 24.8 Å². The molecule has 3 saturated carbocycles. The Morgan fingerprint density at radius 3 is 2.38 bits per heavy atom. The van der Waals surface area contributed by atoms with Gasteiger partial charge in [-0.2, -0.15) is 0 Å². The monoisotopic (exact) mass is 293 g/mol. The highest BCUT2D eigenvalue weighted by Crippen LogP contribution is 2.53. The minimum absolute atomic E-state index is 0.483. The summed E-state index contributed by atoms with van der Waals surface area (Å²) in [7, 11) is 0. The Balaban J connectivity index is 1.59. The lowest BCUT2D eigenvalue weighted by atomic mass is 9.55. The maximum absolute atomic E-state index is 6.09. The topological polar surface area (TPSA) is 21.3 Å². The van der Waals surface area contributed by atoms with E-state index < -0.39 is 0 Å². The summed E-state index contributed by atoms with van der Waals surface area (Å²) in [6.45, 7) is 5.49. The van der Waals surface area contributed by atoms with Gasteiger partial charge in [-0.05, 0) is 51.9 Å². The van der Waals surface area contributed by atoms with Crippen molar-refractivity contribution in [3.63, 3.8) is 0 Å². The maximum Gasteiger partial charge on any atom is 0.0661 e. The number of hydrogen-bond donors (Lipinski definition) is 1. The summed E-state index contributed by atoms with van der Waals surface area (Å²) < 4.78 is 6.09. The molecule has 0 amide bonds. The summed E-state index contributed by atoms with van der Waals surface area (Å²) in [6, 6.07) is 1.43. The Kier molecular flexibility index (Phi) is 5.27. The van der Waals surface area contributed by atoms with Crippen LogP contribution >= 0.6 is 0 Å². The molecule has 0 radical (unpaired) electrons. The van der Waals surface area contributed by atoms with E-state index in [1.54, 1.807) is 0 Å². The van der Waals surface area contributed by atoms with Crippen LogP contribution in [0.5, 0.6) is 0 Å². The van der Waals surface area contributed by atoms with E-state index in [2.05, 4.69) is 19.2 Å². The third kappa shape index (κ3) is 3.17. The molecule has 3 rings (SSSR count). The molecule has 0 aromatic carbocycles. The molecule has 3 atom stereocenters.